The summed E-state index contributed by atoms with van der Waals surface area (Å²) < 4.78 is 226. The number of benzene rings is 10. The van der Waals surface area contributed by atoms with E-state index in [1.54, 1.807) is 72.8 Å². The van der Waals surface area contributed by atoms with E-state index < -0.39 is 134 Å². The van der Waals surface area contributed by atoms with Gasteiger partial charge in [0.05, 0.1) is 70.5 Å². The summed E-state index contributed by atoms with van der Waals surface area (Å²) in [5, 5.41) is 10.8. The van der Waals surface area contributed by atoms with Crippen molar-refractivity contribution in [2.75, 3.05) is 42.7 Å². The van der Waals surface area contributed by atoms with E-state index in [9.17, 15) is 49.8 Å². The Bertz CT molecular complexity index is 4700. The lowest BCUT2D eigenvalue weighted by Crippen LogP contribution is -2.33. The number of halogens is 12. The molecule has 11 rings (SSSR count). The van der Waals surface area contributed by atoms with Gasteiger partial charge in [0.1, 0.15) is 72.6 Å². The van der Waals surface area contributed by atoms with Gasteiger partial charge in [-0.05, 0) is 86.0 Å². The lowest BCUT2D eigenvalue weighted by Gasteiger charge is -2.26. The number of nitrogens with two attached hydrogens (primary N) is 1. The fourth-order valence-corrected chi connectivity index (χ4v) is 10.7. The van der Waals surface area contributed by atoms with Crippen LogP contribution in [0.4, 0.5) is 52.7 Å². The smallest absolute Gasteiger partial charge is 0.285 e. The summed E-state index contributed by atoms with van der Waals surface area (Å²) >= 11 is 0. The summed E-state index contributed by atoms with van der Waals surface area (Å²) in [7, 11) is 7.95. The molecule has 1 heterocycles. The molecule has 3 atom stereocenters. The van der Waals surface area contributed by atoms with E-state index in [0.717, 1.165) is 16.7 Å². The highest BCUT2D eigenvalue weighted by Crippen LogP contribution is 2.45. The molecule has 105 heavy (non-hydrogen) atoms. The van der Waals surface area contributed by atoms with E-state index >= 15 is 17.6 Å². The monoisotopic (exact) mass is 1470 g/mol. The van der Waals surface area contributed by atoms with Gasteiger partial charge >= 0.3 is 0 Å². The first kappa shape index (κ1) is 77.7. The molecule has 10 aromatic carbocycles. The van der Waals surface area contributed by atoms with Crippen LogP contribution in [-0.2, 0) is 29.5 Å². The van der Waals surface area contributed by atoms with Crippen LogP contribution in [0.25, 0.3) is 0 Å². The maximum Gasteiger partial charge on any atom is 0.285 e. The molecule has 0 radical (unpaired) electrons. The van der Waals surface area contributed by atoms with Gasteiger partial charge in [-0.2, -0.15) is 26.3 Å². The zero-order chi connectivity index (χ0) is 76.2. The van der Waals surface area contributed by atoms with Crippen LogP contribution in [0.3, 0.4) is 0 Å². The van der Waals surface area contributed by atoms with Gasteiger partial charge in [-0.1, -0.05) is 102 Å². The van der Waals surface area contributed by atoms with Gasteiger partial charge in [-0.3, -0.25) is 14.4 Å². The number of fused-ring (bicyclic) bond motifs is 1. The second kappa shape index (κ2) is 34.2. The quantitative estimate of drug-likeness (QED) is 0.0252. The Kier molecular flexibility index (Phi) is 25.3. The van der Waals surface area contributed by atoms with Gasteiger partial charge in [0.25, 0.3) is 11.8 Å². The van der Waals surface area contributed by atoms with E-state index in [2.05, 4.69) is 0 Å². The van der Waals surface area contributed by atoms with E-state index in [1.807, 2.05) is 20.8 Å². The Morgan fingerprint density at radius 2 is 0.648 bits per heavy atom. The molecule has 10 aromatic rings. The van der Waals surface area contributed by atoms with Gasteiger partial charge < -0.3 is 47.7 Å². The Morgan fingerprint density at radius 3 is 0.952 bits per heavy atom. The third kappa shape index (κ3) is 16.6. The molecule has 0 spiro atoms. The normalized spacial score (nSPS) is 12.4. The van der Waals surface area contributed by atoms with Crippen molar-refractivity contribution in [2.45, 2.75) is 58.9 Å². The molecule has 0 saturated heterocycles. The fraction of sp³-hybridized carbons (Fsp3) is 0.195. The number of amides is 2. The predicted octanol–water partition coefficient (Wildman–Crippen LogP) is 16.8. The lowest BCUT2D eigenvalue weighted by molar-refractivity contribution is -0.123. The molecule has 3 N–H and O–H groups in total. The second-order valence-corrected chi connectivity index (χ2v) is 23.0. The number of hydrogen-bond donors (Lipinski definition) is 2. The zero-order valence-corrected chi connectivity index (χ0v) is 57.1. The van der Waals surface area contributed by atoms with E-state index in [0.29, 0.717) is 28.2 Å². The van der Waals surface area contributed by atoms with Crippen molar-refractivity contribution < 1.29 is 120 Å². The number of ether oxygens (including phenoxy) is 9. The lowest BCUT2D eigenvalue weighted by atomic mass is 9.98. The number of hydrogen-bond acceptors (Lipinski definition) is 15. The summed E-state index contributed by atoms with van der Waals surface area (Å²) in [5.41, 5.74) is 0.663. The summed E-state index contributed by atoms with van der Waals surface area (Å²) in [5.74, 6) is -20.4. The molecular weight excluding hydrogens is 1400 g/mol. The average molecular weight is 1470 g/mol. The molecule has 0 bridgehead atoms. The van der Waals surface area contributed by atoms with Crippen LogP contribution in [0.15, 0.2) is 152 Å². The number of nitrogens with zero attached hydrogens (tertiary/aromatic N) is 1. The Labute approximate surface area is 593 Å². The van der Waals surface area contributed by atoms with Gasteiger partial charge in [0, 0.05) is 34.9 Å². The van der Waals surface area contributed by atoms with Crippen molar-refractivity contribution in [2.24, 2.45) is 5.90 Å². The first-order valence-electron chi connectivity index (χ1n) is 31.2. The Balaban J connectivity index is 0.000000186. The fourth-order valence-electron chi connectivity index (χ4n) is 10.7. The predicted molar refractivity (Wildman–Crippen MR) is 355 cm³/mol. The highest BCUT2D eigenvalue weighted by atomic mass is 19.2. The molecule has 28 heteroatoms. The molecule has 2 amide bonds. The molecule has 1 aliphatic heterocycles. The maximum atomic E-state index is 15.7. The minimum Gasteiger partial charge on any atom is -0.497 e. The summed E-state index contributed by atoms with van der Waals surface area (Å²) in [4.78, 5) is 36.4. The molecule has 0 aromatic heterocycles. The van der Waals surface area contributed by atoms with Crippen LogP contribution in [-0.4, -0.2) is 64.6 Å². The van der Waals surface area contributed by atoms with E-state index in [-0.39, 0.29) is 75.7 Å². The molecule has 0 aliphatic carbocycles. The van der Waals surface area contributed by atoms with Gasteiger partial charge in [0.2, 0.25) is 34.9 Å². The van der Waals surface area contributed by atoms with Crippen molar-refractivity contribution in [3.8, 4) is 51.7 Å². The standard InChI is InChI=1S/C31H23F4NO6.C23H21F4NO4.C23H20F4O4/c1-16-8-10-17(11-9-16)15-41-29-26(34)24(32)23(25(33)27(29)35)28(21-13-12-18(39-2)14-22(21)40-3)42-36-30(37)19-6-4-5-7-20(19)31(36)38;1-12-4-6-13(7-5-12)11-31-23-20(26)18(24)17(19(25)21(23)27)22(32-28)15-9-8-14(29-2)10-16(15)30-3;1-12-4-6-13(7-5-12)11-31-23-20(26)18(24)17(19(25)21(23)27)22(28)15-9-8-14(29-2)10-16(15)30-3/h4-14,28H,15H2,1-3H3;4-10,22H,11,28H2,1-3H3;4-10,22,28H,11H2,1-3H3. The van der Waals surface area contributed by atoms with Crippen LogP contribution in [0.1, 0.15) is 106 Å². The number of aryl methyl sites for hydroxylation is 3. The van der Waals surface area contributed by atoms with Crippen LogP contribution >= 0.6 is 0 Å². The minimum atomic E-state index is -2.08. The minimum absolute atomic E-state index is 0.0196. The number of aliphatic hydroxyl groups excluding tert-OH is 1. The number of carbonyl (C=O) groups is 2. The van der Waals surface area contributed by atoms with Gasteiger partial charge in [-0.15, -0.1) is 5.06 Å². The van der Waals surface area contributed by atoms with Crippen LogP contribution in [0.2, 0.25) is 0 Å². The van der Waals surface area contributed by atoms with Crippen LogP contribution in [0.5, 0.6) is 51.7 Å². The first-order valence-corrected chi connectivity index (χ1v) is 31.2. The number of hydroxylamine groups is 2. The molecule has 550 valence electrons. The highest BCUT2D eigenvalue weighted by Gasteiger charge is 2.43. The molecule has 16 nitrogen and oxygen atoms in total. The number of rotatable bonds is 24. The number of methoxy groups -OCH3 is 6. The largest absolute Gasteiger partial charge is 0.497 e. The zero-order valence-electron chi connectivity index (χ0n) is 57.1. The van der Waals surface area contributed by atoms with Crippen molar-refractivity contribution in [1.29, 1.82) is 0 Å². The third-order valence-corrected chi connectivity index (χ3v) is 16.4. The molecular formula is C77H64F12N2O14. The Hall–Kier alpha value is -11.5. The Morgan fingerprint density at radius 1 is 0.362 bits per heavy atom. The van der Waals surface area contributed by atoms with Crippen molar-refractivity contribution in [3.05, 3.63) is 299 Å². The van der Waals surface area contributed by atoms with Crippen molar-refractivity contribution >= 4 is 11.8 Å². The topological polar surface area (TPSA) is 185 Å². The second-order valence-electron chi connectivity index (χ2n) is 23.0. The first-order chi connectivity index (χ1) is 50.2. The van der Waals surface area contributed by atoms with Crippen molar-refractivity contribution in [1.82, 2.24) is 5.06 Å². The molecule has 0 fully saturated rings. The van der Waals surface area contributed by atoms with E-state index in [1.165, 1.54) is 122 Å². The number of carbonyl (C=O) groups excluding carboxylic acids is 2. The number of aliphatic hydroxyl groups is 1. The third-order valence-electron chi connectivity index (χ3n) is 16.4. The summed E-state index contributed by atoms with van der Waals surface area (Å²) in [6.45, 7) is 4.58. The van der Waals surface area contributed by atoms with E-state index in [4.69, 9.17) is 58.2 Å². The summed E-state index contributed by atoms with van der Waals surface area (Å²) in [6, 6.07) is 38.4. The number of imide groups is 1. The maximum absolute atomic E-state index is 15.7. The average Bonchev–Trinajstić information content (AvgIpc) is 1.52. The van der Waals surface area contributed by atoms with Gasteiger partial charge in [-0.25, -0.2) is 37.1 Å². The summed E-state index contributed by atoms with van der Waals surface area (Å²) in [6.07, 6.45) is -5.84. The molecule has 1 aliphatic rings. The van der Waals surface area contributed by atoms with Crippen molar-refractivity contribution in [3.63, 3.8) is 0 Å². The molecule has 0 saturated carbocycles. The molecule has 3 unspecified atom stereocenters. The SMILES string of the molecule is COc1ccc(C(O)c2c(F)c(F)c(OCc3ccc(C)cc3)c(F)c2F)c(OC)c1.COc1ccc(C(ON)c2c(F)c(F)c(OCc3ccc(C)cc3)c(F)c2F)c(OC)c1.COc1ccc(C(ON2C(=O)c3ccccc3C2=O)c2c(F)c(F)c(OCc3ccc(C)cc3)c(F)c2F)c(OC)c1. The van der Waals surface area contributed by atoms with Crippen LogP contribution in [0, 0.1) is 90.6 Å². The highest BCUT2D eigenvalue weighted by molar-refractivity contribution is 6.20. The van der Waals surface area contributed by atoms with Gasteiger partial charge in [0.15, 0.2) is 52.2 Å². The van der Waals surface area contributed by atoms with Crippen LogP contribution < -0.4 is 48.5 Å².